The number of hydrogen-bond acceptors (Lipinski definition) is 3. The van der Waals surface area contributed by atoms with Gasteiger partial charge in [-0.15, -0.1) is 0 Å². The normalized spacial score (nSPS) is 16.9. The van der Waals surface area contributed by atoms with Crippen LogP contribution < -0.4 is 15.5 Å². The molecule has 2 aromatic rings. The molecule has 1 aromatic heterocycles. The Labute approximate surface area is 155 Å². The molecular formula is C20H29N5O. The number of benzene rings is 1. The summed E-state index contributed by atoms with van der Waals surface area (Å²) >= 11 is 0. The van der Waals surface area contributed by atoms with Crippen LogP contribution >= 0.6 is 0 Å². The first-order valence-electron chi connectivity index (χ1n) is 9.41. The summed E-state index contributed by atoms with van der Waals surface area (Å²) in [5, 5.41) is 10.5. The summed E-state index contributed by atoms with van der Waals surface area (Å²) in [6.45, 7) is 6.20. The third-order valence-corrected chi connectivity index (χ3v) is 4.79. The standard InChI is InChI=1S/C20H29N5O/c1-15(2)9-10-16-13-19(24(3)23-16)22-20(26)21-17-11-12-25(14-17)18-7-5-4-6-8-18/h4-8,13,15,17H,9-12,14H2,1-3H3,(H2,21,22,26)/t17-/m1/s1. The third kappa shape index (κ3) is 4.77. The molecule has 0 aliphatic carbocycles. The zero-order valence-electron chi connectivity index (χ0n) is 15.9. The molecular weight excluding hydrogens is 326 g/mol. The lowest BCUT2D eigenvalue weighted by molar-refractivity contribution is 0.249. The van der Waals surface area contributed by atoms with Gasteiger partial charge in [0.05, 0.1) is 5.69 Å². The number of para-hydroxylation sites is 1. The molecule has 1 aliphatic rings. The molecule has 2 heterocycles. The predicted octanol–water partition coefficient (Wildman–Crippen LogP) is 3.41. The smallest absolute Gasteiger partial charge is 0.320 e. The van der Waals surface area contributed by atoms with Gasteiger partial charge in [0.1, 0.15) is 5.82 Å². The molecule has 1 fully saturated rings. The van der Waals surface area contributed by atoms with Gasteiger partial charge in [0, 0.05) is 37.9 Å². The van der Waals surface area contributed by atoms with Crippen LogP contribution in [0.4, 0.5) is 16.3 Å². The number of aromatic nitrogens is 2. The van der Waals surface area contributed by atoms with Crippen molar-refractivity contribution in [1.82, 2.24) is 15.1 Å². The second-order valence-electron chi connectivity index (χ2n) is 7.44. The maximum atomic E-state index is 12.4. The van der Waals surface area contributed by atoms with Crippen LogP contribution in [0, 0.1) is 5.92 Å². The molecule has 3 rings (SSSR count). The number of nitrogens with zero attached hydrogens (tertiary/aromatic N) is 3. The monoisotopic (exact) mass is 355 g/mol. The lowest BCUT2D eigenvalue weighted by Gasteiger charge is -2.19. The first kappa shape index (κ1) is 18.3. The van der Waals surface area contributed by atoms with Crippen LogP contribution in [0.5, 0.6) is 0 Å². The first-order valence-corrected chi connectivity index (χ1v) is 9.41. The van der Waals surface area contributed by atoms with Gasteiger partial charge < -0.3 is 10.2 Å². The van der Waals surface area contributed by atoms with E-state index in [-0.39, 0.29) is 12.1 Å². The number of carbonyl (C=O) groups excluding carboxylic acids is 1. The van der Waals surface area contributed by atoms with Gasteiger partial charge in [-0.05, 0) is 37.3 Å². The predicted molar refractivity (Wildman–Crippen MR) is 106 cm³/mol. The maximum Gasteiger partial charge on any atom is 0.320 e. The Morgan fingerprint density at radius 3 is 2.81 bits per heavy atom. The van der Waals surface area contributed by atoms with E-state index >= 15 is 0 Å². The molecule has 1 aromatic carbocycles. The van der Waals surface area contributed by atoms with Crippen molar-refractivity contribution in [2.75, 3.05) is 23.3 Å². The molecule has 0 radical (unpaired) electrons. The lowest BCUT2D eigenvalue weighted by Crippen LogP contribution is -2.40. The minimum Gasteiger partial charge on any atom is -0.369 e. The highest BCUT2D eigenvalue weighted by atomic mass is 16.2. The third-order valence-electron chi connectivity index (χ3n) is 4.79. The number of urea groups is 1. The van der Waals surface area contributed by atoms with E-state index in [1.807, 2.05) is 31.3 Å². The number of hydrogen-bond donors (Lipinski definition) is 2. The largest absolute Gasteiger partial charge is 0.369 e. The molecule has 2 N–H and O–H groups in total. The summed E-state index contributed by atoms with van der Waals surface area (Å²) in [5.41, 5.74) is 2.23. The van der Waals surface area contributed by atoms with Crippen molar-refractivity contribution >= 4 is 17.5 Å². The molecule has 2 amide bonds. The quantitative estimate of drug-likeness (QED) is 0.835. The molecule has 0 saturated carbocycles. The minimum atomic E-state index is -0.164. The summed E-state index contributed by atoms with van der Waals surface area (Å²) < 4.78 is 1.74. The van der Waals surface area contributed by atoms with Crippen LogP contribution in [0.15, 0.2) is 36.4 Å². The lowest BCUT2D eigenvalue weighted by atomic mass is 10.1. The van der Waals surface area contributed by atoms with Crippen molar-refractivity contribution in [2.24, 2.45) is 13.0 Å². The molecule has 6 nitrogen and oxygen atoms in total. The average Bonchev–Trinajstić information content (AvgIpc) is 3.21. The Bertz CT molecular complexity index is 725. The first-order chi connectivity index (χ1) is 12.5. The van der Waals surface area contributed by atoms with Crippen molar-refractivity contribution < 1.29 is 4.79 Å². The van der Waals surface area contributed by atoms with Gasteiger partial charge in [0.15, 0.2) is 0 Å². The van der Waals surface area contributed by atoms with E-state index in [4.69, 9.17) is 0 Å². The van der Waals surface area contributed by atoms with E-state index in [0.717, 1.165) is 43.9 Å². The molecule has 1 atom stereocenters. The molecule has 26 heavy (non-hydrogen) atoms. The van der Waals surface area contributed by atoms with Gasteiger partial charge in [-0.3, -0.25) is 10.00 Å². The van der Waals surface area contributed by atoms with Gasteiger partial charge in [0.2, 0.25) is 0 Å². The number of aryl methyl sites for hydroxylation is 2. The highest BCUT2D eigenvalue weighted by molar-refractivity contribution is 5.88. The Kier molecular flexibility index (Phi) is 5.81. The average molecular weight is 355 g/mol. The van der Waals surface area contributed by atoms with Crippen LogP contribution in [-0.2, 0) is 13.5 Å². The number of nitrogens with one attached hydrogen (secondary N) is 2. The molecule has 0 bridgehead atoms. The Hall–Kier alpha value is -2.50. The summed E-state index contributed by atoms with van der Waals surface area (Å²) in [7, 11) is 1.86. The van der Waals surface area contributed by atoms with Crippen molar-refractivity contribution in [3.63, 3.8) is 0 Å². The second-order valence-corrected chi connectivity index (χ2v) is 7.44. The zero-order valence-corrected chi connectivity index (χ0v) is 15.9. The SMILES string of the molecule is CC(C)CCc1cc(NC(=O)N[C@@H]2CCN(c3ccccc3)C2)n(C)n1. The van der Waals surface area contributed by atoms with Crippen LogP contribution in [0.1, 0.15) is 32.4 Å². The summed E-state index contributed by atoms with van der Waals surface area (Å²) in [5.74, 6) is 1.38. The molecule has 1 saturated heterocycles. The van der Waals surface area contributed by atoms with Gasteiger partial charge >= 0.3 is 6.03 Å². The van der Waals surface area contributed by atoms with Crippen molar-refractivity contribution in [3.8, 4) is 0 Å². The Morgan fingerprint density at radius 2 is 2.08 bits per heavy atom. The summed E-state index contributed by atoms with van der Waals surface area (Å²) in [4.78, 5) is 14.7. The van der Waals surface area contributed by atoms with E-state index in [2.05, 4.69) is 46.6 Å². The molecule has 0 spiro atoms. The fourth-order valence-corrected chi connectivity index (χ4v) is 3.29. The Balaban J connectivity index is 1.50. The summed E-state index contributed by atoms with van der Waals surface area (Å²) in [6.07, 6.45) is 2.98. The van der Waals surface area contributed by atoms with Gasteiger partial charge in [-0.1, -0.05) is 32.0 Å². The number of carbonyl (C=O) groups is 1. The fraction of sp³-hybridized carbons (Fsp3) is 0.500. The molecule has 140 valence electrons. The second kappa shape index (κ2) is 8.25. The number of amides is 2. The van der Waals surface area contributed by atoms with Crippen molar-refractivity contribution in [1.29, 1.82) is 0 Å². The highest BCUT2D eigenvalue weighted by Crippen LogP contribution is 2.20. The molecule has 1 aliphatic heterocycles. The van der Waals surface area contributed by atoms with E-state index in [0.29, 0.717) is 5.92 Å². The van der Waals surface area contributed by atoms with Gasteiger partial charge in [-0.25, -0.2) is 4.79 Å². The minimum absolute atomic E-state index is 0.156. The van der Waals surface area contributed by atoms with Gasteiger partial charge in [-0.2, -0.15) is 5.10 Å². The summed E-state index contributed by atoms with van der Waals surface area (Å²) in [6, 6.07) is 12.3. The Morgan fingerprint density at radius 1 is 1.31 bits per heavy atom. The zero-order chi connectivity index (χ0) is 18.5. The topological polar surface area (TPSA) is 62.2 Å². The van der Waals surface area contributed by atoms with Crippen molar-refractivity contribution in [3.05, 3.63) is 42.1 Å². The molecule has 6 heteroatoms. The number of rotatable bonds is 6. The molecule has 0 unspecified atom stereocenters. The van der Waals surface area contributed by atoms with E-state index < -0.39 is 0 Å². The van der Waals surface area contributed by atoms with Gasteiger partial charge in [0.25, 0.3) is 0 Å². The fourth-order valence-electron chi connectivity index (χ4n) is 3.29. The van der Waals surface area contributed by atoms with Crippen LogP contribution in [-0.4, -0.2) is 34.9 Å². The van der Waals surface area contributed by atoms with Crippen molar-refractivity contribution in [2.45, 2.75) is 39.2 Å². The maximum absolute atomic E-state index is 12.4. The van der Waals surface area contributed by atoms with E-state index in [9.17, 15) is 4.79 Å². The van der Waals surface area contributed by atoms with E-state index in [1.54, 1.807) is 4.68 Å². The van der Waals surface area contributed by atoms with Crippen LogP contribution in [0.25, 0.3) is 0 Å². The van der Waals surface area contributed by atoms with E-state index in [1.165, 1.54) is 5.69 Å². The van der Waals surface area contributed by atoms with Crippen LogP contribution in [0.2, 0.25) is 0 Å². The number of anilines is 2. The highest BCUT2D eigenvalue weighted by Gasteiger charge is 2.24. The van der Waals surface area contributed by atoms with Crippen LogP contribution in [0.3, 0.4) is 0 Å².